The van der Waals surface area contributed by atoms with E-state index in [1.54, 1.807) is 24.0 Å². The van der Waals surface area contributed by atoms with Crippen molar-refractivity contribution in [3.8, 4) is 0 Å². The molecule has 2 aromatic rings. The van der Waals surface area contributed by atoms with E-state index in [0.717, 1.165) is 30.3 Å². The van der Waals surface area contributed by atoms with Crippen LogP contribution in [0, 0.1) is 0 Å². The van der Waals surface area contributed by atoms with E-state index in [1.807, 2.05) is 13.1 Å². The third-order valence-electron chi connectivity index (χ3n) is 2.94. The molecule has 0 fully saturated rings. The highest BCUT2D eigenvalue weighted by Gasteiger charge is 2.02. The second-order valence-corrected chi connectivity index (χ2v) is 4.78. The first-order chi connectivity index (χ1) is 10.2. The fraction of sp³-hybridized carbons (Fsp3) is 0.385. The van der Waals surface area contributed by atoms with Gasteiger partial charge in [-0.15, -0.1) is 0 Å². The molecule has 0 amide bonds. The van der Waals surface area contributed by atoms with Gasteiger partial charge in [0.05, 0.1) is 6.54 Å². The van der Waals surface area contributed by atoms with Crippen molar-refractivity contribution in [3.05, 3.63) is 41.2 Å². The monoisotopic (exact) mass is 307 g/mol. The normalized spacial score (nSPS) is 11.5. The lowest BCUT2D eigenvalue weighted by atomic mass is 10.2. The lowest BCUT2D eigenvalue weighted by molar-refractivity contribution is 0.672. The minimum Gasteiger partial charge on any atom is -0.356 e. The molecule has 8 heteroatoms. The maximum atomic E-state index is 5.75. The van der Waals surface area contributed by atoms with Gasteiger partial charge in [0.25, 0.3) is 0 Å². The van der Waals surface area contributed by atoms with Crippen LogP contribution in [0.25, 0.3) is 0 Å². The summed E-state index contributed by atoms with van der Waals surface area (Å²) >= 11 is 5.75. The Morgan fingerprint density at radius 1 is 1.33 bits per heavy atom. The summed E-state index contributed by atoms with van der Waals surface area (Å²) in [6.07, 6.45) is 4.15. The molecule has 0 saturated carbocycles. The minimum absolute atomic E-state index is 0.507. The Kier molecular flexibility index (Phi) is 5.51. The smallest absolute Gasteiger partial charge is 0.191 e. The van der Waals surface area contributed by atoms with Crippen LogP contribution >= 0.6 is 11.6 Å². The van der Waals surface area contributed by atoms with Crippen LogP contribution in [0.3, 0.4) is 0 Å². The highest BCUT2D eigenvalue weighted by Crippen LogP contribution is 2.05. The Labute approximate surface area is 128 Å². The van der Waals surface area contributed by atoms with Gasteiger partial charge in [-0.3, -0.25) is 9.67 Å². The first-order valence-corrected chi connectivity index (χ1v) is 6.94. The van der Waals surface area contributed by atoms with E-state index < -0.39 is 0 Å². The molecule has 2 rings (SSSR count). The Bertz CT molecular complexity index is 591. The quantitative estimate of drug-likeness (QED) is 0.484. The van der Waals surface area contributed by atoms with Gasteiger partial charge in [0.2, 0.25) is 0 Å². The highest BCUT2D eigenvalue weighted by atomic mass is 35.5. The number of halogens is 1. The highest BCUT2D eigenvalue weighted by molar-refractivity contribution is 6.29. The van der Waals surface area contributed by atoms with Gasteiger partial charge in [0.15, 0.2) is 5.96 Å². The van der Waals surface area contributed by atoms with Crippen LogP contribution < -0.4 is 10.6 Å². The number of aryl methyl sites for hydroxylation is 1. The van der Waals surface area contributed by atoms with Crippen molar-refractivity contribution >= 4 is 17.6 Å². The third-order valence-corrected chi connectivity index (χ3v) is 3.16. The zero-order chi connectivity index (χ0) is 15.1. The molecule has 0 spiro atoms. The molecule has 2 N–H and O–H groups in total. The molecule has 0 radical (unpaired) electrons. The number of nitrogens with one attached hydrogen (secondary N) is 2. The van der Waals surface area contributed by atoms with Crippen LogP contribution in [-0.2, 0) is 20.0 Å². The van der Waals surface area contributed by atoms with E-state index in [2.05, 4.69) is 30.7 Å². The Balaban J connectivity index is 1.75. The van der Waals surface area contributed by atoms with Crippen molar-refractivity contribution in [2.75, 3.05) is 13.6 Å². The predicted octanol–water partition coefficient (Wildman–Crippen LogP) is 0.771. The van der Waals surface area contributed by atoms with Crippen molar-refractivity contribution in [1.82, 2.24) is 30.4 Å². The average Bonchev–Trinajstić information content (AvgIpc) is 2.90. The summed E-state index contributed by atoms with van der Waals surface area (Å²) in [5.41, 5.74) is 1.12. The standard InChI is InChI=1S/C13H18ClN7/c1-15-13(18-8-12-19-9-20-21(12)2)16-6-5-10-3-4-11(14)17-7-10/h3-4,7,9H,5-6,8H2,1-2H3,(H2,15,16,18). The minimum atomic E-state index is 0.507. The number of aromatic nitrogens is 4. The van der Waals surface area contributed by atoms with Gasteiger partial charge in [0, 0.05) is 26.8 Å². The third kappa shape index (κ3) is 4.71. The van der Waals surface area contributed by atoms with Crippen LogP contribution in [0.1, 0.15) is 11.4 Å². The van der Waals surface area contributed by atoms with Crippen LogP contribution in [0.2, 0.25) is 5.15 Å². The van der Waals surface area contributed by atoms with E-state index in [4.69, 9.17) is 11.6 Å². The summed E-state index contributed by atoms with van der Waals surface area (Å²) in [6.45, 7) is 1.32. The molecule has 0 aromatic carbocycles. The predicted molar refractivity (Wildman–Crippen MR) is 82.2 cm³/mol. The topological polar surface area (TPSA) is 80.0 Å². The van der Waals surface area contributed by atoms with E-state index in [1.165, 1.54) is 6.33 Å². The Morgan fingerprint density at radius 3 is 2.81 bits per heavy atom. The van der Waals surface area contributed by atoms with Gasteiger partial charge in [-0.1, -0.05) is 17.7 Å². The fourth-order valence-electron chi connectivity index (χ4n) is 1.74. The largest absolute Gasteiger partial charge is 0.356 e. The number of rotatable bonds is 5. The number of hydrogen-bond acceptors (Lipinski definition) is 4. The zero-order valence-corrected chi connectivity index (χ0v) is 12.8. The molecule has 0 saturated heterocycles. The molecule has 0 aliphatic carbocycles. The molecule has 0 bridgehead atoms. The van der Waals surface area contributed by atoms with E-state index in [9.17, 15) is 0 Å². The lowest BCUT2D eigenvalue weighted by Gasteiger charge is -2.11. The lowest BCUT2D eigenvalue weighted by Crippen LogP contribution is -2.38. The molecule has 21 heavy (non-hydrogen) atoms. The van der Waals surface area contributed by atoms with Crippen LogP contribution in [0.5, 0.6) is 0 Å². The van der Waals surface area contributed by atoms with Gasteiger partial charge in [-0.05, 0) is 18.1 Å². The maximum Gasteiger partial charge on any atom is 0.191 e. The number of guanidine groups is 1. The maximum absolute atomic E-state index is 5.75. The molecule has 2 heterocycles. The summed E-state index contributed by atoms with van der Waals surface area (Å²) in [7, 11) is 3.59. The molecule has 0 aliphatic rings. The van der Waals surface area contributed by atoms with Crippen LogP contribution in [-0.4, -0.2) is 39.3 Å². The molecular formula is C13H18ClN7. The summed E-state index contributed by atoms with van der Waals surface area (Å²) < 4.78 is 1.72. The van der Waals surface area contributed by atoms with Crippen LogP contribution in [0.15, 0.2) is 29.6 Å². The molecule has 0 aliphatic heterocycles. The van der Waals surface area contributed by atoms with Crippen molar-refractivity contribution < 1.29 is 0 Å². The average molecular weight is 308 g/mol. The van der Waals surface area contributed by atoms with Crippen molar-refractivity contribution in [2.45, 2.75) is 13.0 Å². The SMILES string of the molecule is CN=C(NCCc1ccc(Cl)nc1)NCc1ncnn1C. The molecule has 0 unspecified atom stereocenters. The Morgan fingerprint density at radius 2 is 2.19 bits per heavy atom. The second kappa shape index (κ2) is 7.58. The van der Waals surface area contributed by atoms with E-state index in [0.29, 0.717) is 11.7 Å². The van der Waals surface area contributed by atoms with Crippen LogP contribution in [0.4, 0.5) is 0 Å². The van der Waals surface area contributed by atoms with E-state index >= 15 is 0 Å². The molecular weight excluding hydrogens is 290 g/mol. The fourth-order valence-corrected chi connectivity index (χ4v) is 1.85. The summed E-state index contributed by atoms with van der Waals surface area (Å²) in [4.78, 5) is 12.4. The van der Waals surface area contributed by atoms with Crippen molar-refractivity contribution in [2.24, 2.45) is 12.0 Å². The second-order valence-electron chi connectivity index (χ2n) is 4.39. The van der Waals surface area contributed by atoms with Crippen molar-refractivity contribution in [3.63, 3.8) is 0 Å². The number of hydrogen-bond donors (Lipinski definition) is 2. The number of pyridine rings is 1. The molecule has 7 nitrogen and oxygen atoms in total. The first kappa shape index (κ1) is 15.2. The summed E-state index contributed by atoms with van der Waals surface area (Å²) in [6, 6.07) is 3.75. The number of nitrogens with zero attached hydrogens (tertiary/aromatic N) is 5. The van der Waals surface area contributed by atoms with Gasteiger partial charge in [-0.2, -0.15) is 5.10 Å². The van der Waals surface area contributed by atoms with Gasteiger partial charge in [0.1, 0.15) is 17.3 Å². The van der Waals surface area contributed by atoms with Gasteiger partial charge >= 0.3 is 0 Å². The zero-order valence-electron chi connectivity index (χ0n) is 12.0. The molecule has 0 atom stereocenters. The summed E-state index contributed by atoms with van der Waals surface area (Å²) in [5, 5.41) is 10.9. The molecule has 2 aromatic heterocycles. The summed E-state index contributed by atoms with van der Waals surface area (Å²) in [5.74, 6) is 1.57. The number of aliphatic imine (C=N–C) groups is 1. The molecule has 112 valence electrons. The van der Waals surface area contributed by atoms with Gasteiger partial charge in [-0.25, -0.2) is 9.97 Å². The van der Waals surface area contributed by atoms with Gasteiger partial charge < -0.3 is 10.6 Å². The van der Waals surface area contributed by atoms with E-state index in [-0.39, 0.29) is 0 Å². The Hall–Kier alpha value is -2.15. The van der Waals surface area contributed by atoms with Crippen molar-refractivity contribution in [1.29, 1.82) is 0 Å². The first-order valence-electron chi connectivity index (χ1n) is 6.57.